The molecule has 1 fully saturated rings. The number of ketones is 1. The van der Waals surface area contributed by atoms with Gasteiger partial charge in [0.2, 0.25) is 0 Å². The molecular weight excluding hydrogens is 148 g/mol. The molecule has 1 aliphatic carbocycles. The van der Waals surface area contributed by atoms with Gasteiger partial charge in [0.15, 0.2) is 0 Å². The first-order chi connectivity index (χ1) is 5.57. The third kappa shape index (κ3) is 1.55. The van der Waals surface area contributed by atoms with Gasteiger partial charge < -0.3 is 4.79 Å². The molecule has 4 atom stereocenters. The minimum atomic E-state index is 0.359. The van der Waals surface area contributed by atoms with E-state index >= 15 is 0 Å². The summed E-state index contributed by atoms with van der Waals surface area (Å²) in [4.78, 5) is 11.0. The Morgan fingerprint density at radius 1 is 1.17 bits per heavy atom. The number of carbonyl (C=O) groups is 1. The van der Waals surface area contributed by atoms with E-state index in [1.807, 2.05) is 0 Å². The maximum atomic E-state index is 11.0. The molecule has 1 aliphatic rings. The molecule has 0 aromatic rings. The zero-order chi connectivity index (χ0) is 9.30. The van der Waals surface area contributed by atoms with Crippen LogP contribution < -0.4 is 0 Å². The Labute approximate surface area is 75.5 Å². The quantitative estimate of drug-likeness (QED) is 0.633. The topological polar surface area (TPSA) is 17.1 Å². The van der Waals surface area contributed by atoms with Crippen LogP contribution in [0.15, 0.2) is 0 Å². The second-order valence-electron chi connectivity index (χ2n) is 4.36. The summed E-state index contributed by atoms with van der Waals surface area (Å²) in [7, 11) is 0. The van der Waals surface area contributed by atoms with E-state index in [1.54, 1.807) is 6.92 Å². The first kappa shape index (κ1) is 9.76. The summed E-state index contributed by atoms with van der Waals surface area (Å²) in [5.41, 5.74) is 0. The van der Waals surface area contributed by atoms with E-state index < -0.39 is 0 Å². The molecule has 0 saturated heterocycles. The molecule has 70 valence electrons. The molecule has 0 aromatic heterocycles. The van der Waals surface area contributed by atoms with Crippen molar-refractivity contribution in [2.24, 2.45) is 23.7 Å². The third-order valence-corrected chi connectivity index (χ3v) is 3.72. The zero-order valence-electron chi connectivity index (χ0n) is 8.63. The van der Waals surface area contributed by atoms with E-state index in [0.29, 0.717) is 11.7 Å². The van der Waals surface area contributed by atoms with Crippen LogP contribution in [0.4, 0.5) is 0 Å². The Bertz CT molecular complexity index is 174. The Morgan fingerprint density at radius 3 is 2.08 bits per heavy atom. The lowest BCUT2D eigenvalue weighted by molar-refractivity contribution is -0.122. The molecule has 1 nitrogen and oxygen atoms in total. The Morgan fingerprint density at radius 2 is 1.67 bits per heavy atom. The fourth-order valence-electron chi connectivity index (χ4n) is 2.76. The summed E-state index contributed by atoms with van der Waals surface area (Å²) < 4.78 is 0. The van der Waals surface area contributed by atoms with Crippen molar-refractivity contribution >= 4 is 5.78 Å². The van der Waals surface area contributed by atoms with E-state index in [2.05, 4.69) is 20.8 Å². The zero-order valence-corrected chi connectivity index (χ0v) is 8.63. The van der Waals surface area contributed by atoms with Gasteiger partial charge in [-0.2, -0.15) is 0 Å². The molecule has 1 saturated carbocycles. The Kier molecular flexibility index (Phi) is 2.92. The Balaban J connectivity index is 2.48. The van der Waals surface area contributed by atoms with Gasteiger partial charge in [-0.3, -0.25) is 0 Å². The molecule has 0 bridgehead atoms. The van der Waals surface area contributed by atoms with Crippen LogP contribution in [0.3, 0.4) is 0 Å². The lowest BCUT2D eigenvalue weighted by Crippen LogP contribution is -2.44. The van der Waals surface area contributed by atoms with Gasteiger partial charge in [-0.05, 0) is 30.6 Å². The maximum absolute atomic E-state index is 11.0. The van der Waals surface area contributed by atoms with Crippen molar-refractivity contribution in [1.82, 2.24) is 0 Å². The monoisotopic (exact) mass is 168 g/mol. The SMILES string of the molecule is CCC1C(C)C(C)C1CC(C)=O. The van der Waals surface area contributed by atoms with Crippen LogP contribution >= 0.6 is 0 Å². The fourth-order valence-corrected chi connectivity index (χ4v) is 2.76. The number of rotatable bonds is 3. The van der Waals surface area contributed by atoms with Gasteiger partial charge in [0.1, 0.15) is 5.78 Å². The summed E-state index contributed by atoms with van der Waals surface area (Å²) >= 11 is 0. The third-order valence-electron chi connectivity index (χ3n) is 3.72. The molecule has 1 rings (SSSR count). The van der Waals surface area contributed by atoms with Crippen LogP contribution in [-0.4, -0.2) is 5.78 Å². The smallest absolute Gasteiger partial charge is 0.130 e. The van der Waals surface area contributed by atoms with Crippen molar-refractivity contribution in [2.45, 2.75) is 40.5 Å². The first-order valence-corrected chi connectivity index (χ1v) is 5.07. The summed E-state index contributed by atoms with van der Waals surface area (Å²) in [6.07, 6.45) is 2.05. The number of hydrogen-bond donors (Lipinski definition) is 0. The molecule has 0 N–H and O–H groups in total. The molecule has 0 spiro atoms. The highest BCUT2D eigenvalue weighted by Crippen LogP contribution is 2.49. The molecule has 12 heavy (non-hydrogen) atoms. The van der Waals surface area contributed by atoms with Gasteiger partial charge in [0.25, 0.3) is 0 Å². The molecule has 1 heteroatoms. The molecule has 0 aromatic carbocycles. The van der Waals surface area contributed by atoms with Crippen molar-refractivity contribution in [3.05, 3.63) is 0 Å². The normalized spacial score (nSPS) is 40.7. The molecule has 0 aliphatic heterocycles. The summed E-state index contributed by atoms with van der Waals surface area (Å²) in [5.74, 6) is 3.45. The highest BCUT2D eigenvalue weighted by molar-refractivity contribution is 5.75. The van der Waals surface area contributed by atoms with Gasteiger partial charge in [-0.1, -0.05) is 27.2 Å². The summed E-state index contributed by atoms with van der Waals surface area (Å²) in [6.45, 7) is 8.54. The average Bonchev–Trinajstić information content (AvgIpc) is 2.03. The van der Waals surface area contributed by atoms with Gasteiger partial charge in [0.05, 0.1) is 0 Å². The minimum absolute atomic E-state index is 0.359. The highest BCUT2D eigenvalue weighted by atomic mass is 16.1. The molecule has 4 unspecified atom stereocenters. The van der Waals surface area contributed by atoms with E-state index in [-0.39, 0.29) is 0 Å². The summed E-state index contributed by atoms with van der Waals surface area (Å²) in [6, 6.07) is 0. The maximum Gasteiger partial charge on any atom is 0.130 e. The largest absolute Gasteiger partial charge is 0.300 e. The van der Waals surface area contributed by atoms with E-state index in [0.717, 1.165) is 24.2 Å². The van der Waals surface area contributed by atoms with Crippen molar-refractivity contribution in [3.8, 4) is 0 Å². The van der Waals surface area contributed by atoms with Crippen molar-refractivity contribution in [2.75, 3.05) is 0 Å². The van der Waals surface area contributed by atoms with Crippen LogP contribution in [0, 0.1) is 23.7 Å². The highest BCUT2D eigenvalue weighted by Gasteiger charge is 2.43. The predicted molar refractivity (Wildman–Crippen MR) is 50.9 cm³/mol. The number of Topliss-reactive ketones (excluding diaryl/α,β-unsaturated/α-hetero) is 1. The first-order valence-electron chi connectivity index (χ1n) is 5.07. The molecular formula is C11H20O. The van der Waals surface area contributed by atoms with Gasteiger partial charge >= 0.3 is 0 Å². The molecule has 0 amide bonds. The van der Waals surface area contributed by atoms with Crippen LogP contribution in [0.5, 0.6) is 0 Å². The lowest BCUT2D eigenvalue weighted by atomic mass is 9.56. The van der Waals surface area contributed by atoms with Crippen LogP contribution in [0.25, 0.3) is 0 Å². The van der Waals surface area contributed by atoms with Crippen LogP contribution in [-0.2, 0) is 4.79 Å². The van der Waals surface area contributed by atoms with Crippen LogP contribution in [0.1, 0.15) is 40.5 Å². The summed E-state index contributed by atoms with van der Waals surface area (Å²) in [5, 5.41) is 0. The van der Waals surface area contributed by atoms with E-state index in [1.165, 1.54) is 6.42 Å². The second-order valence-corrected chi connectivity index (χ2v) is 4.36. The Hall–Kier alpha value is -0.330. The number of carbonyl (C=O) groups excluding carboxylic acids is 1. The van der Waals surface area contributed by atoms with Crippen molar-refractivity contribution < 1.29 is 4.79 Å². The molecule has 0 radical (unpaired) electrons. The minimum Gasteiger partial charge on any atom is -0.300 e. The fraction of sp³-hybridized carbons (Fsp3) is 0.909. The second kappa shape index (κ2) is 3.59. The average molecular weight is 168 g/mol. The van der Waals surface area contributed by atoms with Crippen molar-refractivity contribution in [3.63, 3.8) is 0 Å². The van der Waals surface area contributed by atoms with Gasteiger partial charge in [-0.25, -0.2) is 0 Å². The number of hydrogen-bond acceptors (Lipinski definition) is 1. The lowest BCUT2D eigenvalue weighted by Gasteiger charge is -2.49. The predicted octanol–water partition coefficient (Wildman–Crippen LogP) is 2.89. The standard InChI is InChI=1S/C11H20O/c1-5-10-8(3)9(4)11(10)6-7(2)12/h8-11H,5-6H2,1-4H3. The van der Waals surface area contributed by atoms with E-state index in [9.17, 15) is 4.79 Å². The van der Waals surface area contributed by atoms with E-state index in [4.69, 9.17) is 0 Å². The van der Waals surface area contributed by atoms with Crippen molar-refractivity contribution in [1.29, 1.82) is 0 Å². The van der Waals surface area contributed by atoms with Crippen LogP contribution in [0.2, 0.25) is 0 Å². The van der Waals surface area contributed by atoms with Gasteiger partial charge in [-0.15, -0.1) is 0 Å². The van der Waals surface area contributed by atoms with Gasteiger partial charge in [0, 0.05) is 6.42 Å². The molecule has 0 heterocycles.